The van der Waals surface area contributed by atoms with Gasteiger partial charge in [0.2, 0.25) is 5.91 Å². The summed E-state index contributed by atoms with van der Waals surface area (Å²) in [6.45, 7) is 2.02. The highest BCUT2D eigenvalue weighted by Crippen LogP contribution is 2.24. The highest BCUT2D eigenvalue weighted by molar-refractivity contribution is 8.00. The molecule has 2 aromatic carbocycles. The number of hydrogen-bond acceptors (Lipinski definition) is 6. The van der Waals surface area contributed by atoms with E-state index in [9.17, 15) is 4.79 Å². The zero-order valence-electron chi connectivity index (χ0n) is 14.8. The van der Waals surface area contributed by atoms with Crippen molar-refractivity contribution in [2.75, 3.05) is 11.1 Å². The lowest BCUT2D eigenvalue weighted by Gasteiger charge is -2.05. The first kappa shape index (κ1) is 18.4. The minimum Gasteiger partial charge on any atom is -0.325 e. The van der Waals surface area contributed by atoms with E-state index in [1.54, 1.807) is 28.9 Å². The predicted molar refractivity (Wildman–Crippen MR) is 110 cm³/mol. The highest BCUT2D eigenvalue weighted by atomic mass is 35.5. The van der Waals surface area contributed by atoms with E-state index >= 15 is 0 Å². The lowest BCUT2D eigenvalue weighted by Crippen LogP contribution is -2.14. The average Bonchev–Trinajstić information content (AvgIpc) is 3.13. The molecule has 0 aliphatic carbocycles. The first-order valence-corrected chi connectivity index (χ1v) is 9.78. The zero-order valence-corrected chi connectivity index (χ0v) is 16.4. The molecule has 2 aromatic heterocycles. The molecule has 7 nitrogen and oxygen atoms in total. The summed E-state index contributed by atoms with van der Waals surface area (Å²) in [6.07, 6.45) is 1.45. The van der Waals surface area contributed by atoms with Crippen molar-refractivity contribution in [2.24, 2.45) is 0 Å². The molecule has 0 unspecified atom stereocenters. The van der Waals surface area contributed by atoms with Crippen LogP contribution in [0.15, 0.2) is 59.9 Å². The van der Waals surface area contributed by atoms with Crippen LogP contribution in [0.5, 0.6) is 0 Å². The molecule has 0 aliphatic rings. The van der Waals surface area contributed by atoms with Gasteiger partial charge in [-0.1, -0.05) is 46.3 Å². The second kappa shape index (κ2) is 7.95. The Balaban J connectivity index is 1.50. The summed E-state index contributed by atoms with van der Waals surface area (Å²) in [5.74, 6) is 0.0385. The Hall–Kier alpha value is -2.97. The number of aromatic nitrogens is 5. The molecule has 0 saturated carbocycles. The first-order valence-electron chi connectivity index (χ1n) is 8.42. The van der Waals surface area contributed by atoms with Crippen LogP contribution in [0.4, 0.5) is 5.69 Å². The van der Waals surface area contributed by atoms with E-state index in [0.29, 0.717) is 26.9 Å². The van der Waals surface area contributed by atoms with Gasteiger partial charge in [0, 0.05) is 10.7 Å². The van der Waals surface area contributed by atoms with Crippen LogP contribution in [0.25, 0.3) is 16.9 Å². The molecular weight excluding hydrogens is 396 g/mol. The summed E-state index contributed by atoms with van der Waals surface area (Å²) in [5, 5.41) is 12.5. The van der Waals surface area contributed by atoms with E-state index in [0.717, 1.165) is 11.3 Å². The Morgan fingerprint density at radius 2 is 1.86 bits per heavy atom. The SMILES string of the molecule is Cc1ccc(-n2nnc3c(SCC(=O)Nc4ccc(Cl)cc4)ncnc32)cc1. The van der Waals surface area contributed by atoms with Crippen molar-refractivity contribution in [1.29, 1.82) is 0 Å². The van der Waals surface area contributed by atoms with Gasteiger partial charge in [-0.05, 0) is 43.3 Å². The van der Waals surface area contributed by atoms with Gasteiger partial charge in [0.1, 0.15) is 11.4 Å². The molecule has 1 amide bonds. The minimum absolute atomic E-state index is 0.148. The molecule has 0 aliphatic heterocycles. The molecule has 0 spiro atoms. The largest absolute Gasteiger partial charge is 0.325 e. The van der Waals surface area contributed by atoms with Crippen LogP contribution < -0.4 is 5.32 Å². The van der Waals surface area contributed by atoms with Gasteiger partial charge in [0.25, 0.3) is 0 Å². The summed E-state index contributed by atoms with van der Waals surface area (Å²) in [5.41, 5.74) is 3.87. The molecule has 0 saturated heterocycles. The summed E-state index contributed by atoms with van der Waals surface area (Å²) in [4.78, 5) is 20.8. The van der Waals surface area contributed by atoms with E-state index in [4.69, 9.17) is 11.6 Å². The number of aryl methyl sites for hydroxylation is 1. The smallest absolute Gasteiger partial charge is 0.234 e. The van der Waals surface area contributed by atoms with Crippen molar-refractivity contribution >= 4 is 46.1 Å². The molecule has 140 valence electrons. The number of anilines is 1. The fourth-order valence-corrected chi connectivity index (χ4v) is 3.41. The molecule has 0 fully saturated rings. The van der Waals surface area contributed by atoms with E-state index in [-0.39, 0.29) is 11.7 Å². The van der Waals surface area contributed by atoms with Crippen LogP contribution in [-0.4, -0.2) is 36.6 Å². The molecule has 28 heavy (non-hydrogen) atoms. The standard InChI is InChI=1S/C19H15ClN6OS/c1-12-2-8-15(9-3-12)26-18-17(24-25-26)19(22-11-21-18)28-10-16(27)23-14-6-4-13(20)5-7-14/h2-9,11H,10H2,1H3,(H,23,27). The normalized spacial score (nSPS) is 10.9. The number of fused-ring (bicyclic) bond motifs is 1. The second-order valence-electron chi connectivity index (χ2n) is 6.03. The Morgan fingerprint density at radius 1 is 1.11 bits per heavy atom. The average molecular weight is 411 g/mol. The number of nitrogens with one attached hydrogen (secondary N) is 1. The summed E-state index contributed by atoms with van der Waals surface area (Å²) >= 11 is 7.14. The summed E-state index contributed by atoms with van der Waals surface area (Å²) in [6, 6.07) is 14.9. The van der Waals surface area contributed by atoms with Crippen LogP contribution in [-0.2, 0) is 4.79 Å². The van der Waals surface area contributed by atoms with Crippen molar-refractivity contribution in [3.05, 3.63) is 65.4 Å². The third-order valence-electron chi connectivity index (χ3n) is 3.95. The van der Waals surface area contributed by atoms with Crippen LogP contribution >= 0.6 is 23.4 Å². The van der Waals surface area contributed by atoms with Gasteiger partial charge in [0.05, 0.1) is 11.4 Å². The Morgan fingerprint density at radius 3 is 2.61 bits per heavy atom. The van der Waals surface area contributed by atoms with E-state index in [1.807, 2.05) is 31.2 Å². The number of amides is 1. The van der Waals surface area contributed by atoms with Crippen LogP contribution in [0, 0.1) is 6.92 Å². The molecule has 4 aromatic rings. The predicted octanol–water partition coefficient (Wildman–Crippen LogP) is 3.90. The van der Waals surface area contributed by atoms with Crippen LogP contribution in [0.3, 0.4) is 0 Å². The Labute approximate surface area is 170 Å². The van der Waals surface area contributed by atoms with Gasteiger partial charge >= 0.3 is 0 Å². The topological polar surface area (TPSA) is 85.6 Å². The number of carbonyl (C=O) groups is 1. The number of benzene rings is 2. The summed E-state index contributed by atoms with van der Waals surface area (Å²) in [7, 11) is 0. The molecule has 9 heteroatoms. The maximum absolute atomic E-state index is 12.2. The number of hydrogen-bond donors (Lipinski definition) is 1. The van der Waals surface area contributed by atoms with Crippen molar-refractivity contribution < 1.29 is 4.79 Å². The van der Waals surface area contributed by atoms with Crippen LogP contribution in [0.1, 0.15) is 5.56 Å². The maximum atomic E-state index is 12.2. The zero-order chi connectivity index (χ0) is 19.5. The Kier molecular flexibility index (Phi) is 5.23. The number of carbonyl (C=O) groups excluding carboxylic acids is 1. The highest BCUT2D eigenvalue weighted by Gasteiger charge is 2.14. The van der Waals surface area contributed by atoms with Crippen LogP contribution in [0.2, 0.25) is 5.02 Å². The number of halogens is 1. The quantitative estimate of drug-likeness (QED) is 0.396. The van der Waals surface area contributed by atoms with E-state index in [1.165, 1.54) is 18.1 Å². The number of rotatable bonds is 5. The molecule has 0 atom stereocenters. The molecule has 0 radical (unpaired) electrons. The third kappa shape index (κ3) is 3.97. The first-order chi connectivity index (χ1) is 13.6. The Bertz CT molecular complexity index is 1130. The monoisotopic (exact) mass is 410 g/mol. The second-order valence-corrected chi connectivity index (χ2v) is 7.43. The molecule has 1 N–H and O–H groups in total. The lowest BCUT2D eigenvalue weighted by atomic mass is 10.2. The maximum Gasteiger partial charge on any atom is 0.234 e. The van der Waals surface area contributed by atoms with Crippen molar-refractivity contribution in [1.82, 2.24) is 25.0 Å². The van der Waals surface area contributed by atoms with Gasteiger partial charge in [-0.25, -0.2) is 9.97 Å². The summed E-state index contributed by atoms with van der Waals surface area (Å²) < 4.78 is 1.66. The fraction of sp³-hybridized carbons (Fsp3) is 0.105. The van der Waals surface area contributed by atoms with E-state index < -0.39 is 0 Å². The minimum atomic E-state index is -0.148. The van der Waals surface area contributed by atoms with Gasteiger partial charge in [-0.15, -0.1) is 5.10 Å². The molecule has 4 rings (SSSR count). The lowest BCUT2D eigenvalue weighted by molar-refractivity contribution is -0.113. The number of nitrogens with zero attached hydrogens (tertiary/aromatic N) is 5. The third-order valence-corrected chi connectivity index (χ3v) is 5.18. The molecule has 2 heterocycles. The van der Waals surface area contributed by atoms with Gasteiger partial charge in [-0.2, -0.15) is 4.68 Å². The van der Waals surface area contributed by atoms with Gasteiger partial charge < -0.3 is 5.32 Å². The van der Waals surface area contributed by atoms with E-state index in [2.05, 4.69) is 25.6 Å². The van der Waals surface area contributed by atoms with Gasteiger partial charge in [0.15, 0.2) is 11.2 Å². The fourth-order valence-electron chi connectivity index (χ4n) is 2.56. The number of thioether (sulfide) groups is 1. The molecular formula is C19H15ClN6OS. The molecule has 0 bridgehead atoms. The van der Waals surface area contributed by atoms with Crippen molar-refractivity contribution in [3.63, 3.8) is 0 Å². The van der Waals surface area contributed by atoms with Gasteiger partial charge in [-0.3, -0.25) is 4.79 Å². The van der Waals surface area contributed by atoms with Crippen molar-refractivity contribution in [2.45, 2.75) is 11.9 Å². The van der Waals surface area contributed by atoms with Crippen molar-refractivity contribution in [3.8, 4) is 5.69 Å².